The van der Waals surface area contributed by atoms with Gasteiger partial charge < -0.3 is 0 Å². The van der Waals surface area contributed by atoms with Gasteiger partial charge in [-0.25, -0.2) is 19.9 Å². The van der Waals surface area contributed by atoms with E-state index in [0.717, 1.165) is 66.8 Å². The van der Waals surface area contributed by atoms with Crippen LogP contribution in [0.15, 0.2) is 35.6 Å². The van der Waals surface area contributed by atoms with Crippen molar-refractivity contribution in [2.45, 2.75) is 59.7 Å². The summed E-state index contributed by atoms with van der Waals surface area (Å²) in [7, 11) is 0. The zero-order valence-electron chi connectivity index (χ0n) is 18.4. The van der Waals surface area contributed by atoms with Crippen molar-refractivity contribution in [2.24, 2.45) is 4.99 Å². The number of hydrogen-bond acceptors (Lipinski definition) is 6. The lowest BCUT2D eigenvalue weighted by Crippen LogP contribution is -2.28. The smallest absolute Gasteiger partial charge is 0.160 e. The second-order valence-corrected chi connectivity index (χ2v) is 9.77. The van der Waals surface area contributed by atoms with E-state index in [1.54, 1.807) is 17.7 Å². The lowest BCUT2D eigenvalue weighted by molar-refractivity contribution is 0.276. The standard InChI is InChI=1S/C25H27N5S/c1-16-7-6-9-20(11-19-8-4-5-10-21(16)19)29-25-22-12-30(13-23(22)26-15-27-25)14-24-17(2)28-18(3)31-24/h4-5,8,10-11,15H,6-7,9,12-14H2,1-3H3. The topological polar surface area (TPSA) is 54.3 Å². The predicted octanol–water partition coefficient (Wildman–Crippen LogP) is 3.97. The summed E-state index contributed by atoms with van der Waals surface area (Å²) in [6, 6.07) is 8.62. The quantitative estimate of drug-likeness (QED) is 0.632. The molecule has 5 nitrogen and oxygen atoms in total. The van der Waals surface area contributed by atoms with Gasteiger partial charge in [0.05, 0.1) is 16.4 Å². The van der Waals surface area contributed by atoms with E-state index in [4.69, 9.17) is 4.99 Å². The Labute approximate surface area is 186 Å². The molecule has 0 saturated heterocycles. The molecule has 158 valence electrons. The average molecular weight is 430 g/mol. The third-order valence-electron chi connectivity index (χ3n) is 6.11. The highest BCUT2D eigenvalue weighted by molar-refractivity contribution is 7.11. The zero-order chi connectivity index (χ0) is 21.4. The Morgan fingerprint density at radius 2 is 1.94 bits per heavy atom. The second-order valence-electron chi connectivity index (χ2n) is 8.48. The summed E-state index contributed by atoms with van der Waals surface area (Å²) < 4.78 is 0. The summed E-state index contributed by atoms with van der Waals surface area (Å²) in [5.74, 6) is 0.828. The SMILES string of the molecule is CC1=c2ccccc2=CC(=Nc2ncnc3c2CN(Cc2sc(C)nc2C)C3)CCC1. The van der Waals surface area contributed by atoms with Crippen molar-refractivity contribution in [3.8, 4) is 0 Å². The molecule has 3 heterocycles. The maximum absolute atomic E-state index is 5.04. The Hall–Kier alpha value is -2.70. The molecule has 0 N–H and O–H groups in total. The lowest BCUT2D eigenvalue weighted by atomic mass is 10.00. The Morgan fingerprint density at radius 3 is 2.77 bits per heavy atom. The fourth-order valence-electron chi connectivity index (χ4n) is 4.52. The average Bonchev–Trinajstić information content (AvgIpc) is 3.29. The van der Waals surface area contributed by atoms with Crippen molar-refractivity contribution < 1.29 is 0 Å². The van der Waals surface area contributed by atoms with E-state index in [2.05, 4.69) is 71.0 Å². The lowest BCUT2D eigenvalue weighted by Gasteiger charge is -2.13. The minimum Gasteiger partial charge on any atom is -0.288 e. The van der Waals surface area contributed by atoms with Gasteiger partial charge in [-0.2, -0.15) is 0 Å². The van der Waals surface area contributed by atoms with E-state index in [0.29, 0.717) is 0 Å². The first-order chi connectivity index (χ1) is 15.1. The normalized spacial score (nSPS) is 17.8. The van der Waals surface area contributed by atoms with Crippen molar-refractivity contribution in [3.63, 3.8) is 0 Å². The third-order valence-corrected chi connectivity index (χ3v) is 7.17. The van der Waals surface area contributed by atoms with E-state index in [1.165, 1.54) is 26.5 Å². The maximum Gasteiger partial charge on any atom is 0.160 e. The molecule has 0 unspecified atom stereocenters. The highest BCUT2D eigenvalue weighted by atomic mass is 32.1. The molecule has 5 rings (SSSR count). The van der Waals surface area contributed by atoms with Gasteiger partial charge in [0.15, 0.2) is 5.82 Å². The summed E-state index contributed by atoms with van der Waals surface area (Å²) in [5, 5.41) is 3.72. The van der Waals surface area contributed by atoms with Gasteiger partial charge in [-0.05, 0) is 56.5 Å². The van der Waals surface area contributed by atoms with Crippen LogP contribution in [0.4, 0.5) is 5.82 Å². The van der Waals surface area contributed by atoms with Crippen molar-refractivity contribution in [1.29, 1.82) is 0 Å². The molecule has 1 aliphatic heterocycles. The van der Waals surface area contributed by atoms with Crippen LogP contribution in [-0.2, 0) is 19.6 Å². The largest absolute Gasteiger partial charge is 0.288 e. The minimum absolute atomic E-state index is 0.828. The van der Waals surface area contributed by atoms with E-state index < -0.39 is 0 Å². The molecule has 0 amide bonds. The molecule has 0 bridgehead atoms. The summed E-state index contributed by atoms with van der Waals surface area (Å²) >= 11 is 1.79. The molecule has 1 aliphatic carbocycles. The molecule has 2 aromatic heterocycles. The molecule has 0 radical (unpaired) electrons. The summed E-state index contributed by atoms with van der Waals surface area (Å²) in [6.45, 7) is 8.99. The van der Waals surface area contributed by atoms with Crippen molar-refractivity contribution in [2.75, 3.05) is 0 Å². The molecule has 1 aromatic carbocycles. The Morgan fingerprint density at radius 1 is 1.06 bits per heavy atom. The predicted molar refractivity (Wildman–Crippen MR) is 127 cm³/mol. The van der Waals surface area contributed by atoms with Gasteiger partial charge >= 0.3 is 0 Å². The molecule has 0 spiro atoms. The van der Waals surface area contributed by atoms with Crippen LogP contribution in [0.3, 0.4) is 0 Å². The maximum atomic E-state index is 5.04. The summed E-state index contributed by atoms with van der Waals surface area (Å²) in [5.41, 5.74) is 5.97. The number of aromatic nitrogens is 3. The molecule has 31 heavy (non-hydrogen) atoms. The minimum atomic E-state index is 0.828. The third kappa shape index (κ3) is 4.23. The molecule has 0 saturated carbocycles. The second kappa shape index (κ2) is 8.44. The number of fused-ring (bicyclic) bond motifs is 2. The van der Waals surface area contributed by atoms with Crippen LogP contribution >= 0.6 is 11.3 Å². The van der Waals surface area contributed by atoms with Crippen molar-refractivity contribution in [3.05, 3.63) is 67.9 Å². The fourth-order valence-corrected chi connectivity index (χ4v) is 5.50. The number of aliphatic imine (C=N–C) groups is 1. The first-order valence-corrected chi connectivity index (χ1v) is 11.7. The van der Waals surface area contributed by atoms with Crippen LogP contribution in [0.5, 0.6) is 0 Å². The van der Waals surface area contributed by atoms with Gasteiger partial charge in [-0.1, -0.05) is 29.8 Å². The van der Waals surface area contributed by atoms with Crippen LogP contribution < -0.4 is 10.4 Å². The molecule has 0 fully saturated rings. The zero-order valence-corrected chi connectivity index (χ0v) is 19.2. The number of aryl methyl sites for hydroxylation is 2. The molecular formula is C25H27N5S. The number of nitrogens with zero attached hydrogens (tertiary/aromatic N) is 5. The molecule has 6 heteroatoms. The van der Waals surface area contributed by atoms with E-state index in [1.807, 2.05) is 0 Å². The van der Waals surface area contributed by atoms with Gasteiger partial charge in [0.1, 0.15) is 6.33 Å². The van der Waals surface area contributed by atoms with Crippen LogP contribution in [0.2, 0.25) is 0 Å². The van der Waals surface area contributed by atoms with Gasteiger partial charge in [-0.3, -0.25) is 4.90 Å². The van der Waals surface area contributed by atoms with E-state index in [9.17, 15) is 0 Å². The molecule has 0 atom stereocenters. The van der Waals surface area contributed by atoms with E-state index >= 15 is 0 Å². The van der Waals surface area contributed by atoms with Crippen LogP contribution in [-0.4, -0.2) is 25.6 Å². The number of rotatable bonds is 3. The first-order valence-electron chi connectivity index (χ1n) is 10.9. The highest BCUT2D eigenvalue weighted by Gasteiger charge is 2.25. The Balaban J connectivity index is 1.47. The first kappa shape index (κ1) is 20.2. The number of hydrogen-bond donors (Lipinski definition) is 0. The van der Waals surface area contributed by atoms with Gasteiger partial charge in [0.2, 0.25) is 0 Å². The van der Waals surface area contributed by atoms with E-state index in [-0.39, 0.29) is 0 Å². The summed E-state index contributed by atoms with van der Waals surface area (Å²) in [6.07, 6.45) is 7.08. The molecular weight excluding hydrogens is 402 g/mol. The fraction of sp³-hybridized carbons (Fsp3) is 0.360. The number of benzene rings is 1. The van der Waals surface area contributed by atoms with Crippen molar-refractivity contribution in [1.82, 2.24) is 19.9 Å². The molecule has 3 aromatic rings. The van der Waals surface area contributed by atoms with Gasteiger partial charge in [0.25, 0.3) is 0 Å². The highest BCUT2D eigenvalue weighted by Crippen LogP contribution is 2.31. The van der Waals surface area contributed by atoms with Gasteiger partial charge in [0, 0.05) is 35.8 Å². The summed E-state index contributed by atoms with van der Waals surface area (Å²) in [4.78, 5) is 22.5. The Bertz CT molecular complexity index is 1290. The van der Waals surface area contributed by atoms with Crippen molar-refractivity contribution >= 4 is 34.5 Å². The van der Waals surface area contributed by atoms with Crippen LogP contribution in [0, 0.1) is 13.8 Å². The Kier molecular flexibility index (Phi) is 5.50. The van der Waals surface area contributed by atoms with Crippen LogP contribution in [0.1, 0.15) is 53.0 Å². The van der Waals surface area contributed by atoms with Gasteiger partial charge in [-0.15, -0.1) is 11.3 Å². The molecule has 2 aliphatic rings. The van der Waals surface area contributed by atoms with Crippen LogP contribution in [0.25, 0.3) is 11.6 Å². The number of thiazole rings is 1. The monoisotopic (exact) mass is 429 g/mol.